The van der Waals surface area contributed by atoms with E-state index in [0.717, 1.165) is 12.1 Å². The summed E-state index contributed by atoms with van der Waals surface area (Å²) < 4.78 is 83.8. The van der Waals surface area contributed by atoms with Crippen molar-refractivity contribution < 1.29 is 40.9 Å². The molecule has 2 aliphatic rings. The first-order valence-corrected chi connectivity index (χ1v) is 24.3. The number of hydrogen-bond donors (Lipinski definition) is 3. The van der Waals surface area contributed by atoms with Crippen LogP contribution >= 0.6 is 11.6 Å². The average molecular weight is 986 g/mol. The van der Waals surface area contributed by atoms with Gasteiger partial charge in [0, 0.05) is 90.1 Å². The molecule has 1 saturated heterocycles. The number of sulfonamides is 1. The Balaban J connectivity index is 0.842. The smallest absolute Gasteiger partial charge is 0.274 e. The number of aromatic amines is 1. The van der Waals surface area contributed by atoms with Crippen LogP contribution in [0.15, 0.2) is 84.2 Å². The van der Waals surface area contributed by atoms with Crippen molar-refractivity contribution in [2.24, 2.45) is 17.9 Å². The van der Waals surface area contributed by atoms with E-state index in [4.69, 9.17) is 30.5 Å². The minimum Gasteiger partial charge on any atom is -0.489 e. The van der Waals surface area contributed by atoms with Gasteiger partial charge in [0.15, 0.2) is 17.3 Å². The van der Waals surface area contributed by atoms with Crippen LogP contribution in [0.4, 0.5) is 20.4 Å². The molecule has 0 radical (unpaired) electrons. The topological polar surface area (TPSA) is 203 Å². The lowest BCUT2D eigenvalue weighted by atomic mass is 9.49. The molecule has 16 nitrogen and oxygen atoms in total. The number of carbonyl (C=O) groups is 1. The average Bonchev–Trinajstić information content (AvgIpc) is 3.83. The third-order valence-electron chi connectivity index (χ3n) is 12.8. The standard InChI is InChI=1S/C49H51ClF2N8O8S/c1-7-69(63,64)58-30-9-12-38(34(22-30)35-27-59(6)44(62)41-33(35)14-17-54-41)68-39-13-11-37(51)42(40(39)52)66-21-20-65-31-15-18-60(19-16-31)47-55-25-29(26-56-47)43(61)57-45-48(2,3)46(49(45,4)5)67-32-10-8-28(24-53)36(50)23-32/h8-14,17,22-23,25-27,31,45-46,54,58H,7,15-16,18-21H2,1-6H3,(H,57,61). The molecule has 3 aromatic heterocycles. The molecule has 1 saturated carbocycles. The maximum Gasteiger partial charge on any atom is 0.274 e. The number of H-pyrrole nitrogens is 1. The van der Waals surface area contributed by atoms with Crippen LogP contribution in [0.25, 0.3) is 22.0 Å². The Hall–Kier alpha value is -6.75. The van der Waals surface area contributed by atoms with Gasteiger partial charge >= 0.3 is 0 Å². The molecule has 0 bridgehead atoms. The number of hydrogen-bond acceptors (Lipinski definition) is 12. The fraction of sp³-hybridized carbons (Fsp3) is 0.367. The van der Waals surface area contributed by atoms with E-state index < -0.39 is 38.2 Å². The van der Waals surface area contributed by atoms with E-state index in [0.29, 0.717) is 75.8 Å². The Labute approximate surface area is 402 Å². The van der Waals surface area contributed by atoms with Crippen LogP contribution < -0.4 is 34.7 Å². The van der Waals surface area contributed by atoms with E-state index in [1.807, 2.05) is 38.7 Å². The van der Waals surface area contributed by atoms with E-state index in [-0.39, 0.29) is 65.9 Å². The number of aryl methyl sites for hydroxylation is 1. The molecule has 4 heterocycles. The highest BCUT2D eigenvalue weighted by atomic mass is 35.5. The van der Waals surface area contributed by atoms with Crippen molar-refractivity contribution in [3.05, 3.63) is 118 Å². The summed E-state index contributed by atoms with van der Waals surface area (Å²) in [6.45, 7) is 10.6. The van der Waals surface area contributed by atoms with Crippen molar-refractivity contribution in [2.45, 2.75) is 65.7 Å². The van der Waals surface area contributed by atoms with Crippen molar-refractivity contribution in [1.29, 1.82) is 5.26 Å². The molecule has 1 aliphatic heterocycles. The van der Waals surface area contributed by atoms with E-state index in [1.54, 1.807) is 43.7 Å². The van der Waals surface area contributed by atoms with E-state index >= 15 is 8.78 Å². The summed E-state index contributed by atoms with van der Waals surface area (Å²) in [5.74, 6) is -2.43. The van der Waals surface area contributed by atoms with Crippen molar-refractivity contribution in [2.75, 3.05) is 41.7 Å². The van der Waals surface area contributed by atoms with Crippen LogP contribution in [-0.4, -0.2) is 84.1 Å². The number of pyridine rings is 1. The number of rotatable bonds is 16. The van der Waals surface area contributed by atoms with Gasteiger partial charge in [-0.3, -0.25) is 14.3 Å². The van der Waals surface area contributed by atoms with Crippen LogP contribution in [0.1, 0.15) is 63.4 Å². The summed E-state index contributed by atoms with van der Waals surface area (Å²) in [6, 6.07) is 15.0. The first-order valence-electron chi connectivity index (χ1n) is 22.3. The molecule has 362 valence electrons. The molecule has 0 spiro atoms. The van der Waals surface area contributed by atoms with Gasteiger partial charge < -0.3 is 38.7 Å². The zero-order valence-corrected chi connectivity index (χ0v) is 40.3. The molecule has 20 heteroatoms. The molecular weight excluding hydrogens is 934 g/mol. The number of carbonyl (C=O) groups excluding carboxylic acids is 1. The summed E-state index contributed by atoms with van der Waals surface area (Å²) in [4.78, 5) is 40.2. The normalized spacial score (nSPS) is 17.7. The molecule has 69 heavy (non-hydrogen) atoms. The largest absolute Gasteiger partial charge is 0.489 e. The van der Waals surface area contributed by atoms with E-state index in [2.05, 4.69) is 25.0 Å². The fourth-order valence-electron chi connectivity index (χ4n) is 9.47. The molecular formula is C49H51ClF2N8O8S. The number of piperidine rings is 1. The summed E-state index contributed by atoms with van der Waals surface area (Å²) in [6.07, 6.45) is 6.98. The predicted molar refractivity (Wildman–Crippen MR) is 257 cm³/mol. The Morgan fingerprint density at radius 2 is 1.70 bits per heavy atom. The van der Waals surface area contributed by atoms with Gasteiger partial charge in [-0.25, -0.2) is 22.8 Å². The molecule has 3 N–H and O–H groups in total. The number of fused-ring (bicyclic) bond motifs is 1. The zero-order chi connectivity index (χ0) is 49.4. The number of nitrogens with one attached hydrogen (secondary N) is 3. The minimum atomic E-state index is -3.67. The number of ether oxygens (including phenoxy) is 4. The summed E-state index contributed by atoms with van der Waals surface area (Å²) in [7, 11) is -2.10. The van der Waals surface area contributed by atoms with Gasteiger partial charge in [-0.2, -0.15) is 9.65 Å². The molecule has 8 rings (SSSR count). The molecule has 2 fully saturated rings. The number of halogens is 3. The van der Waals surface area contributed by atoms with Gasteiger partial charge in [0.2, 0.25) is 21.8 Å². The first kappa shape index (κ1) is 48.7. The number of anilines is 2. The third-order valence-corrected chi connectivity index (χ3v) is 14.4. The fourth-order valence-corrected chi connectivity index (χ4v) is 10.3. The van der Waals surface area contributed by atoms with Crippen LogP contribution in [0.3, 0.4) is 0 Å². The maximum atomic E-state index is 16.0. The van der Waals surface area contributed by atoms with Gasteiger partial charge in [-0.05, 0) is 68.3 Å². The SMILES string of the molecule is CCS(=O)(=O)Nc1ccc(Oc2ccc(F)c(OCCOC3CCN(c4ncc(C(=O)NC5C(C)(C)C(Oc6ccc(C#N)c(Cl)c6)C5(C)C)cn4)CC3)c2F)c(-c2cn(C)c(=O)c3[nH]ccc23)c1. The molecule has 0 unspecified atom stereocenters. The Morgan fingerprint density at radius 1 is 0.986 bits per heavy atom. The lowest BCUT2D eigenvalue weighted by Crippen LogP contribution is -2.74. The highest BCUT2D eigenvalue weighted by Gasteiger charge is 2.64. The summed E-state index contributed by atoms with van der Waals surface area (Å²) in [5.41, 5.74) is 0.825. The van der Waals surface area contributed by atoms with Gasteiger partial charge in [0.25, 0.3) is 11.5 Å². The van der Waals surface area contributed by atoms with Gasteiger partial charge in [0.05, 0.1) is 34.6 Å². The Morgan fingerprint density at radius 3 is 2.38 bits per heavy atom. The number of aromatic nitrogens is 4. The van der Waals surface area contributed by atoms with Crippen LogP contribution in [0.5, 0.6) is 23.0 Å². The predicted octanol–water partition coefficient (Wildman–Crippen LogP) is 8.36. The summed E-state index contributed by atoms with van der Waals surface area (Å²) >= 11 is 6.24. The molecule has 1 aliphatic carbocycles. The Bertz CT molecular complexity index is 3120. The lowest BCUT2D eigenvalue weighted by Gasteiger charge is -2.63. The second-order valence-electron chi connectivity index (χ2n) is 18.2. The van der Waals surface area contributed by atoms with Crippen molar-refractivity contribution >= 4 is 50.1 Å². The second kappa shape index (κ2) is 19.3. The number of nitriles is 1. The number of nitrogens with zero attached hydrogens (tertiary/aromatic N) is 5. The van der Waals surface area contributed by atoms with Crippen molar-refractivity contribution in [1.82, 2.24) is 24.8 Å². The highest BCUT2D eigenvalue weighted by molar-refractivity contribution is 7.92. The second-order valence-corrected chi connectivity index (χ2v) is 20.6. The van der Waals surface area contributed by atoms with E-state index in [9.17, 15) is 23.3 Å². The van der Waals surface area contributed by atoms with Crippen LogP contribution in [0, 0.1) is 33.8 Å². The number of amides is 1. The minimum absolute atomic E-state index is 0.0406. The van der Waals surface area contributed by atoms with Crippen LogP contribution in [-0.2, 0) is 21.8 Å². The van der Waals surface area contributed by atoms with Crippen molar-refractivity contribution in [3.8, 4) is 40.2 Å². The lowest BCUT2D eigenvalue weighted by molar-refractivity contribution is -0.164. The quantitative estimate of drug-likeness (QED) is 0.0784. The molecule has 1 amide bonds. The third kappa shape index (κ3) is 9.92. The van der Waals surface area contributed by atoms with E-state index in [1.165, 1.54) is 42.1 Å². The molecule has 6 aromatic rings. The van der Waals surface area contributed by atoms with Crippen LogP contribution in [0.2, 0.25) is 5.02 Å². The monoisotopic (exact) mass is 984 g/mol. The Kier molecular flexibility index (Phi) is 13.6. The van der Waals surface area contributed by atoms with Gasteiger partial charge in [0.1, 0.15) is 35.8 Å². The van der Waals surface area contributed by atoms with Crippen molar-refractivity contribution in [3.63, 3.8) is 0 Å². The first-order chi connectivity index (χ1) is 32.8. The maximum absolute atomic E-state index is 16.0. The number of benzene rings is 3. The van der Waals surface area contributed by atoms with Gasteiger partial charge in [-0.15, -0.1) is 0 Å². The highest BCUT2D eigenvalue weighted by Crippen LogP contribution is 2.55. The van der Waals surface area contributed by atoms with Gasteiger partial charge in [-0.1, -0.05) is 39.3 Å². The summed E-state index contributed by atoms with van der Waals surface area (Å²) in [5, 5.41) is 13.2. The molecule has 0 atom stereocenters. The molecule has 3 aromatic carbocycles. The zero-order valence-electron chi connectivity index (χ0n) is 38.7.